The van der Waals surface area contributed by atoms with Crippen molar-refractivity contribution in [1.82, 2.24) is 4.90 Å². The maximum atomic E-state index is 12.4. The summed E-state index contributed by atoms with van der Waals surface area (Å²) in [6.07, 6.45) is 0.800. The molecule has 26 heavy (non-hydrogen) atoms. The first-order valence-electron chi connectivity index (χ1n) is 8.61. The molecule has 2 unspecified atom stereocenters. The Hall–Kier alpha value is -2.70. The lowest BCUT2D eigenvalue weighted by Crippen LogP contribution is -2.42. The van der Waals surface area contributed by atoms with Crippen LogP contribution in [-0.4, -0.2) is 48.2 Å². The molecule has 1 fully saturated rings. The van der Waals surface area contributed by atoms with E-state index in [1.807, 2.05) is 19.1 Å². The van der Waals surface area contributed by atoms with E-state index in [9.17, 15) is 19.2 Å². The van der Waals surface area contributed by atoms with Crippen molar-refractivity contribution in [3.63, 3.8) is 0 Å². The molecule has 0 spiro atoms. The van der Waals surface area contributed by atoms with Crippen LogP contribution in [0.2, 0.25) is 0 Å². The van der Waals surface area contributed by atoms with Crippen molar-refractivity contribution in [1.29, 1.82) is 0 Å². The number of likely N-dealkylation sites (tertiary alicyclic amines) is 1. The molecule has 2 rings (SSSR count). The average molecular weight is 360 g/mol. The van der Waals surface area contributed by atoms with E-state index >= 15 is 0 Å². The number of carbonyl (C=O) groups excluding carboxylic acids is 4. The number of ketones is 1. The monoisotopic (exact) mass is 360 g/mol. The maximum Gasteiger partial charge on any atom is 0.328 e. The highest BCUT2D eigenvalue weighted by Gasteiger charge is 2.36. The molecule has 0 bridgehead atoms. The van der Waals surface area contributed by atoms with E-state index in [1.165, 1.54) is 18.9 Å². The van der Waals surface area contributed by atoms with Gasteiger partial charge in [0.15, 0.2) is 5.78 Å². The highest BCUT2D eigenvalue weighted by atomic mass is 16.5. The van der Waals surface area contributed by atoms with E-state index in [4.69, 9.17) is 4.74 Å². The summed E-state index contributed by atoms with van der Waals surface area (Å²) in [4.78, 5) is 50.1. The van der Waals surface area contributed by atoms with Crippen molar-refractivity contribution in [2.45, 2.75) is 39.2 Å². The number of nitrogens with one attached hydrogen (secondary N) is 1. The number of esters is 1. The molecule has 1 aliphatic rings. The number of ether oxygens (including phenoxy) is 1. The number of aryl methyl sites for hydroxylation is 1. The molecule has 7 heteroatoms. The van der Waals surface area contributed by atoms with Gasteiger partial charge in [-0.15, -0.1) is 0 Å². The Bertz CT molecular complexity index is 716. The number of carbonyl (C=O) groups is 4. The van der Waals surface area contributed by atoms with Gasteiger partial charge in [0, 0.05) is 12.2 Å². The molecule has 1 heterocycles. The van der Waals surface area contributed by atoms with Gasteiger partial charge in [0.25, 0.3) is 0 Å². The summed E-state index contributed by atoms with van der Waals surface area (Å²) in [6, 6.07) is 6.61. The number of methoxy groups -OCH3 is 1. The number of para-hydroxylation sites is 1. The largest absolute Gasteiger partial charge is 0.467 e. The smallest absolute Gasteiger partial charge is 0.328 e. The van der Waals surface area contributed by atoms with Gasteiger partial charge in [-0.2, -0.15) is 0 Å². The second-order valence-corrected chi connectivity index (χ2v) is 6.44. The molecule has 7 nitrogen and oxygen atoms in total. The molecule has 1 N–H and O–H groups in total. The Morgan fingerprint density at radius 3 is 2.62 bits per heavy atom. The molecule has 1 aliphatic heterocycles. The number of nitrogens with zero attached hydrogens (tertiary/aromatic N) is 1. The zero-order valence-corrected chi connectivity index (χ0v) is 15.3. The van der Waals surface area contributed by atoms with Crippen molar-refractivity contribution in [3.8, 4) is 0 Å². The minimum absolute atomic E-state index is 0.407. The first kappa shape index (κ1) is 19.6. The first-order valence-corrected chi connectivity index (χ1v) is 8.61. The van der Waals surface area contributed by atoms with E-state index in [2.05, 4.69) is 5.32 Å². The third-order valence-electron chi connectivity index (χ3n) is 4.65. The minimum Gasteiger partial charge on any atom is -0.467 e. The summed E-state index contributed by atoms with van der Waals surface area (Å²) in [6.45, 7) is 3.74. The van der Waals surface area contributed by atoms with Gasteiger partial charge in [-0.3, -0.25) is 14.4 Å². The predicted octanol–water partition coefficient (Wildman–Crippen LogP) is 1.69. The Morgan fingerprint density at radius 1 is 1.27 bits per heavy atom. The number of benzene rings is 1. The van der Waals surface area contributed by atoms with Gasteiger partial charge in [-0.1, -0.05) is 18.2 Å². The standard InChI is InChI=1S/C19H24N2O5/c1-12-7-4-5-8-14(12)20-18(24)13(2)16(22)11-17(23)21-10-6-9-15(21)19(25)26-3/h4-5,7-8,13,15H,6,9-11H2,1-3H3,(H,20,24). The fourth-order valence-electron chi connectivity index (χ4n) is 2.95. The van der Waals surface area contributed by atoms with Crippen molar-refractivity contribution >= 4 is 29.3 Å². The molecule has 2 atom stereocenters. The van der Waals surface area contributed by atoms with Crippen LogP contribution in [0.3, 0.4) is 0 Å². The van der Waals surface area contributed by atoms with Gasteiger partial charge in [-0.25, -0.2) is 4.79 Å². The van der Waals surface area contributed by atoms with Crippen LogP contribution in [0.1, 0.15) is 31.7 Å². The van der Waals surface area contributed by atoms with Gasteiger partial charge in [0.2, 0.25) is 11.8 Å². The van der Waals surface area contributed by atoms with Crippen LogP contribution in [0.4, 0.5) is 5.69 Å². The molecule has 0 radical (unpaired) electrons. The van der Waals surface area contributed by atoms with Crippen LogP contribution >= 0.6 is 0 Å². The zero-order valence-electron chi connectivity index (χ0n) is 15.3. The number of Topliss-reactive ketones (excluding diaryl/α,β-unsaturated/α-hetero) is 1. The van der Waals surface area contributed by atoms with Gasteiger partial charge < -0.3 is 15.0 Å². The van der Waals surface area contributed by atoms with E-state index < -0.39 is 41.9 Å². The van der Waals surface area contributed by atoms with Crippen LogP contribution in [0.5, 0.6) is 0 Å². The van der Waals surface area contributed by atoms with Crippen molar-refractivity contribution in [2.24, 2.45) is 5.92 Å². The quantitative estimate of drug-likeness (QED) is 0.616. The summed E-state index contributed by atoms with van der Waals surface area (Å²) in [7, 11) is 1.27. The SMILES string of the molecule is COC(=O)C1CCCN1C(=O)CC(=O)C(C)C(=O)Nc1ccccc1C. The molecule has 140 valence electrons. The van der Waals surface area contributed by atoms with Gasteiger partial charge in [0.05, 0.1) is 19.4 Å². The van der Waals surface area contributed by atoms with Crippen molar-refractivity contribution in [3.05, 3.63) is 29.8 Å². The van der Waals surface area contributed by atoms with E-state index in [0.29, 0.717) is 25.1 Å². The maximum absolute atomic E-state index is 12.4. The number of amides is 2. The molecule has 0 aliphatic carbocycles. The predicted molar refractivity (Wildman–Crippen MR) is 95.3 cm³/mol. The van der Waals surface area contributed by atoms with Crippen LogP contribution in [0.15, 0.2) is 24.3 Å². The van der Waals surface area contributed by atoms with E-state index in [0.717, 1.165) is 5.56 Å². The van der Waals surface area contributed by atoms with Crippen molar-refractivity contribution < 1.29 is 23.9 Å². The fraction of sp³-hybridized carbons (Fsp3) is 0.474. The van der Waals surface area contributed by atoms with Crippen LogP contribution in [0, 0.1) is 12.8 Å². The summed E-state index contributed by atoms with van der Waals surface area (Å²) in [5, 5.41) is 2.71. The van der Waals surface area contributed by atoms with E-state index in [1.54, 1.807) is 12.1 Å². The summed E-state index contributed by atoms with van der Waals surface area (Å²) >= 11 is 0. The molecule has 2 amide bonds. The zero-order chi connectivity index (χ0) is 19.3. The molecular formula is C19H24N2O5. The molecular weight excluding hydrogens is 336 g/mol. The summed E-state index contributed by atoms with van der Waals surface area (Å²) < 4.78 is 4.70. The molecule has 1 aromatic carbocycles. The fourth-order valence-corrected chi connectivity index (χ4v) is 2.95. The average Bonchev–Trinajstić information content (AvgIpc) is 3.12. The third kappa shape index (κ3) is 4.47. The minimum atomic E-state index is -0.960. The summed E-state index contributed by atoms with van der Waals surface area (Å²) in [5.74, 6) is -2.82. The second-order valence-electron chi connectivity index (χ2n) is 6.44. The van der Waals surface area contributed by atoms with E-state index in [-0.39, 0.29) is 0 Å². The topological polar surface area (TPSA) is 92.8 Å². The number of hydrogen-bond donors (Lipinski definition) is 1. The van der Waals surface area contributed by atoms with Crippen LogP contribution in [-0.2, 0) is 23.9 Å². The van der Waals surface area contributed by atoms with Gasteiger partial charge in [-0.05, 0) is 38.3 Å². The lowest BCUT2D eigenvalue weighted by Gasteiger charge is -2.23. The Kier molecular flexibility index (Phi) is 6.49. The highest BCUT2D eigenvalue weighted by molar-refractivity contribution is 6.12. The Morgan fingerprint density at radius 2 is 1.96 bits per heavy atom. The third-order valence-corrected chi connectivity index (χ3v) is 4.65. The number of rotatable bonds is 6. The van der Waals surface area contributed by atoms with Crippen molar-refractivity contribution in [2.75, 3.05) is 19.0 Å². The van der Waals surface area contributed by atoms with Gasteiger partial charge >= 0.3 is 5.97 Å². The lowest BCUT2D eigenvalue weighted by molar-refractivity contribution is -0.152. The number of anilines is 1. The molecule has 1 aromatic rings. The summed E-state index contributed by atoms with van der Waals surface area (Å²) in [5.41, 5.74) is 1.52. The lowest BCUT2D eigenvalue weighted by atomic mass is 10.0. The molecule has 0 aromatic heterocycles. The number of hydrogen-bond acceptors (Lipinski definition) is 5. The molecule has 0 saturated carbocycles. The second kappa shape index (κ2) is 8.60. The Balaban J connectivity index is 1.95. The highest BCUT2D eigenvalue weighted by Crippen LogP contribution is 2.20. The molecule has 1 saturated heterocycles. The first-order chi connectivity index (χ1) is 12.3. The normalized spacial score (nSPS) is 17.5. The van der Waals surface area contributed by atoms with Gasteiger partial charge in [0.1, 0.15) is 6.04 Å². The Labute approximate surface area is 152 Å². The van der Waals surface area contributed by atoms with Crippen LogP contribution in [0.25, 0.3) is 0 Å². The van der Waals surface area contributed by atoms with Crippen LogP contribution < -0.4 is 5.32 Å².